The lowest BCUT2D eigenvalue weighted by atomic mass is 9.97. The van der Waals surface area contributed by atoms with Crippen molar-refractivity contribution in [1.82, 2.24) is 4.98 Å². The van der Waals surface area contributed by atoms with E-state index in [2.05, 4.69) is 11.1 Å². The molecule has 0 N–H and O–H groups in total. The van der Waals surface area contributed by atoms with Gasteiger partial charge >= 0.3 is 0 Å². The van der Waals surface area contributed by atoms with Crippen molar-refractivity contribution in [3.8, 4) is 6.07 Å². The molecule has 0 amide bonds. The molecule has 0 bridgehead atoms. The maximum atomic E-state index is 9.18. The lowest BCUT2D eigenvalue weighted by Gasteiger charge is -2.08. The van der Waals surface area contributed by atoms with Crippen molar-refractivity contribution >= 4 is 11.6 Å². The van der Waals surface area contributed by atoms with Crippen LogP contribution in [0.1, 0.15) is 17.2 Å². The van der Waals surface area contributed by atoms with Gasteiger partial charge in [-0.05, 0) is 36.2 Å². The number of rotatable bonds is 3. The first-order chi connectivity index (χ1) is 8.29. The third-order valence-corrected chi connectivity index (χ3v) is 2.81. The number of nitrogens with zero attached hydrogens (tertiary/aromatic N) is 2. The first-order valence-corrected chi connectivity index (χ1v) is 5.72. The van der Waals surface area contributed by atoms with Gasteiger partial charge in [0, 0.05) is 11.2 Å². The number of nitriles is 1. The minimum Gasteiger partial charge on any atom is -0.260 e. The van der Waals surface area contributed by atoms with Crippen molar-refractivity contribution in [3.05, 3.63) is 64.9 Å². The fourth-order valence-electron chi connectivity index (χ4n) is 1.65. The van der Waals surface area contributed by atoms with E-state index in [1.165, 1.54) is 0 Å². The molecular weight excluding hydrogens is 232 g/mol. The molecule has 84 valence electrons. The Morgan fingerprint density at radius 1 is 1.18 bits per heavy atom. The quantitative estimate of drug-likeness (QED) is 0.825. The van der Waals surface area contributed by atoms with E-state index in [4.69, 9.17) is 11.6 Å². The lowest BCUT2D eigenvalue weighted by Crippen LogP contribution is -2.02. The molecule has 2 aromatic rings. The van der Waals surface area contributed by atoms with Crippen molar-refractivity contribution in [3.63, 3.8) is 0 Å². The number of halogens is 1. The number of pyridine rings is 1. The summed E-state index contributed by atoms with van der Waals surface area (Å²) in [4.78, 5) is 4.22. The molecule has 17 heavy (non-hydrogen) atoms. The van der Waals surface area contributed by atoms with Crippen molar-refractivity contribution in [1.29, 1.82) is 5.26 Å². The minimum absolute atomic E-state index is 0.211. The van der Waals surface area contributed by atoms with Gasteiger partial charge in [-0.1, -0.05) is 29.8 Å². The standard InChI is InChI=1S/C14H11ClN2/c15-13-6-4-11(5-7-13)9-12(10-16)14-3-1-2-8-17-14/h1-8,12H,9H2. The summed E-state index contributed by atoms with van der Waals surface area (Å²) >= 11 is 5.82. The highest BCUT2D eigenvalue weighted by Crippen LogP contribution is 2.19. The lowest BCUT2D eigenvalue weighted by molar-refractivity contribution is 0.814. The molecule has 1 aromatic heterocycles. The van der Waals surface area contributed by atoms with Crippen molar-refractivity contribution in [2.24, 2.45) is 0 Å². The second kappa shape index (κ2) is 5.47. The molecule has 0 aliphatic heterocycles. The van der Waals surface area contributed by atoms with E-state index in [0.717, 1.165) is 11.3 Å². The van der Waals surface area contributed by atoms with Crippen LogP contribution in [0.2, 0.25) is 5.02 Å². The summed E-state index contributed by atoms with van der Waals surface area (Å²) in [5.41, 5.74) is 1.90. The van der Waals surface area contributed by atoms with Gasteiger partial charge in [0.25, 0.3) is 0 Å². The summed E-state index contributed by atoms with van der Waals surface area (Å²) < 4.78 is 0. The third kappa shape index (κ3) is 3.05. The van der Waals surface area contributed by atoms with Gasteiger partial charge in [-0.2, -0.15) is 5.26 Å². The molecule has 0 saturated carbocycles. The van der Waals surface area contributed by atoms with Crippen molar-refractivity contribution < 1.29 is 0 Å². The highest BCUT2D eigenvalue weighted by atomic mass is 35.5. The molecule has 1 unspecified atom stereocenters. The molecule has 0 fully saturated rings. The predicted octanol–water partition coefficient (Wildman–Crippen LogP) is 3.58. The van der Waals surface area contributed by atoms with Crippen LogP contribution in [0.25, 0.3) is 0 Å². The Labute approximate surface area is 105 Å². The monoisotopic (exact) mass is 242 g/mol. The van der Waals surface area contributed by atoms with Gasteiger partial charge < -0.3 is 0 Å². The van der Waals surface area contributed by atoms with Crippen LogP contribution in [-0.2, 0) is 6.42 Å². The molecule has 0 saturated heterocycles. The van der Waals surface area contributed by atoms with Crippen LogP contribution in [0.15, 0.2) is 48.7 Å². The van der Waals surface area contributed by atoms with E-state index >= 15 is 0 Å². The molecule has 0 aliphatic carbocycles. The molecule has 0 radical (unpaired) electrons. The molecule has 2 rings (SSSR count). The molecule has 2 nitrogen and oxygen atoms in total. The topological polar surface area (TPSA) is 36.7 Å². The number of hydrogen-bond acceptors (Lipinski definition) is 2. The van der Waals surface area contributed by atoms with Crippen LogP contribution in [0.3, 0.4) is 0 Å². The van der Waals surface area contributed by atoms with Gasteiger partial charge in [-0.25, -0.2) is 0 Å². The zero-order valence-electron chi connectivity index (χ0n) is 9.18. The Balaban J connectivity index is 2.17. The predicted molar refractivity (Wildman–Crippen MR) is 67.7 cm³/mol. The van der Waals surface area contributed by atoms with E-state index in [-0.39, 0.29) is 5.92 Å². The van der Waals surface area contributed by atoms with Gasteiger partial charge in [0.15, 0.2) is 0 Å². The summed E-state index contributed by atoms with van der Waals surface area (Å²) in [6, 6.07) is 15.5. The number of hydrogen-bond donors (Lipinski definition) is 0. The average Bonchev–Trinajstić information content (AvgIpc) is 2.39. The van der Waals surface area contributed by atoms with E-state index in [1.807, 2.05) is 42.5 Å². The SMILES string of the molecule is N#CC(Cc1ccc(Cl)cc1)c1ccccn1. The normalized spacial score (nSPS) is 11.8. The minimum atomic E-state index is -0.211. The smallest absolute Gasteiger partial charge is 0.0924 e. The summed E-state index contributed by atoms with van der Waals surface area (Å²) in [5.74, 6) is -0.211. The molecule has 1 aromatic carbocycles. The highest BCUT2D eigenvalue weighted by molar-refractivity contribution is 6.30. The molecule has 1 heterocycles. The van der Waals surface area contributed by atoms with Crippen LogP contribution in [0.5, 0.6) is 0 Å². The van der Waals surface area contributed by atoms with Crippen molar-refractivity contribution in [2.75, 3.05) is 0 Å². The Hall–Kier alpha value is -1.85. The Kier molecular flexibility index (Phi) is 3.74. The van der Waals surface area contributed by atoms with Gasteiger partial charge in [-0.3, -0.25) is 4.98 Å². The zero-order chi connectivity index (χ0) is 12.1. The highest BCUT2D eigenvalue weighted by Gasteiger charge is 2.12. The van der Waals surface area contributed by atoms with Crippen LogP contribution in [0.4, 0.5) is 0 Å². The van der Waals surface area contributed by atoms with E-state index in [0.29, 0.717) is 11.4 Å². The summed E-state index contributed by atoms with van der Waals surface area (Å²) in [5, 5.41) is 9.89. The molecule has 3 heteroatoms. The van der Waals surface area contributed by atoms with Crippen molar-refractivity contribution in [2.45, 2.75) is 12.3 Å². The first kappa shape index (κ1) is 11.6. The summed E-state index contributed by atoms with van der Waals surface area (Å²) in [7, 11) is 0. The van der Waals surface area contributed by atoms with Crippen LogP contribution in [-0.4, -0.2) is 4.98 Å². The Bertz CT molecular complexity index is 514. The number of aromatic nitrogens is 1. The maximum absolute atomic E-state index is 9.18. The number of benzene rings is 1. The van der Waals surface area contributed by atoms with Gasteiger partial charge in [0.1, 0.15) is 0 Å². The fraction of sp³-hybridized carbons (Fsp3) is 0.143. The Morgan fingerprint density at radius 2 is 1.94 bits per heavy atom. The van der Waals surface area contributed by atoms with Crippen LogP contribution < -0.4 is 0 Å². The second-order valence-corrected chi connectivity index (χ2v) is 4.20. The molecule has 1 atom stereocenters. The molecule has 0 spiro atoms. The molecular formula is C14H11ClN2. The van der Waals surface area contributed by atoms with Gasteiger partial charge in [0.2, 0.25) is 0 Å². The van der Waals surface area contributed by atoms with E-state index < -0.39 is 0 Å². The van der Waals surface area contributed by atoms with Gasteiger partial charge in [0.05, 0.1) is 17.7 Å². The largest absolute Gasteiger partial charge is 0.260 e. The summed E-state index contributed by atoms with van der Waals surface area (Å²) in [6.45, 7) is 0. The van der Waals surface area contributed by atoms with Crippen LogP contribution in [0, 0.1) is 11.3 Å². The Morgan fingerprint density at radius 3 is 2.53 bits per heavy atom. The van der Waals surface area contributed by atoms with Crippen LogP contribution >= 0.6 is 11.6 Å². The first-order valence-electron chi connectivity index (χ1n) is 5.34. The molecule has 0 aliphatic rings. The van der Waals surface area contributed by atoms with E-state index in [9.17, 15) is 5.26 Å². The average molecular weight is 243 g/mol. The van der Waals surface area contributed by atoms with E-state index in [1.54, 1.807) is 6.20 Å². The third-order valence-electron chi connectivity index (χ3n) is 2.55. The fourth-order valence-corrected chi connectivity index (χ4v) is 1.78. The summed E-state index contributed by atoms with van der Waals surface area (Å²) in [6.07, 6.45) is 2.37. The maximum Gasteiger partial charge on any atom is 0.0924 e. The van der Waals surface area contributed by atoms with Gasteiger partial charge in [-0.15, -0.1) is 0 Å². The zero-order valence-corrected chi connectivity index (χ0v) is 9.93. The second-order valence-electron chi connectivity index (χ2n) is 3.77.